The number of rotatable bonds is 4. The van der Waals surface area contributed by atoms with Gasteiger partial charge in [-0.2, -0.15) is 0 Å². The number of hydrogen-bond donors (Lipinski definition) is 2. The quantitative estimate of drug-likeness (QED) is 0.826. The van der Waals surface area contributed by atoms with Crippen LogP contribution in [0.15, 0.2) is 0 Å². The minimum atomic E-state index is 0.0590. The molecule has 0 spiro atoms. The van der Waals surface area contributed by atoms with Crippen molar-refractivity contribution in [3.8, 4) is 0 Å². The van der Waals surface area contributed by atoms with Crippen molar-refractivity contribution in [2.45, 2.75) is 51.0 Å². The van der Waals surface area contributed by atoms with E-state index in [-0.39, 0.29) is 12.1 Å². The molecular weight excluding hydrogens is 304 g/mol. The molecule has 24 heavy (non-hydrogen) atoms. The summed E-state index contributed by atoms with van der Waals surface area (Å²) in [6.45, 7) is 3.89. The molecule has 6 heteroatoms. The van der Waals surface area contributed by atoms with Crippen LogP contribution in [0.1, 0.15) is 44.9 Å². The number of nitrogens with zero attached hydrogens (tertiary/aromatic N) is 2. The van der Waals surface area contributed by atoms with Gasteiger partial charge in [-0.3, -0.25) is 0 Å². The third-order valence-electron chi connectivity index (χ3n) is 6.76. The third-order valence-corrected chi connectivity index (χ3v) is 6.76. The molecular formula is C18H30N4O2. The van der Waals surface area contributed by atoms with E-state index in [1.807, 2.05) is 9.80 Å². The molecule has 2 aliphatic heterocycles. The zero-order valence-electron chi connectivity index (χ0n) is 14.5. The van der Waals surface area contributed by atoms with Crippen LogP contribution in [0.4, 0.5) is 9.59 Å². The number of carbonyl (C=O) groups is 2. The highest BCUT2D eigenvalue weighted by Gasteiger charge is 2.39. The van der Waals surface area contributed by atoms with E-state index in [1.165, 1.54) is 25.7 Å². The Bertz CT molecular complexity index is 489. The normalized spacial score (nSPS) is 33.2. The average molecular weight is 334 g/mol. The molecule has 3 unspecified atom stereocenters. The first-order valence-electron chi connectivity index (χ1n) is 9.78. The molecule has 134 valence electrons. The van der Waals surface area contributed by atoms with Gasteiger partial charge in [0.15, 0.2) is 0 Å². The Labute approximate surface area is 144 Å². The number of piperidine rings is 1. The predicted molar refractivity (Wildman–Crippen MR) is 91.7 cm³/mol. The zero-order chi connectivity index (χ0) is 16.5. The number of hydrogen-bond acceptors (Lipinski definition) is 2. The number of urea groups is 2. The van der Waals surface area contributed by atoms with Crippen LogP contribution < -0.4 is 10.6 Å². The Balaban J connectivity index is 1.16. The lowest BCUT2D eigenvalue weighted by molar-refractivity contribution is 0.140. The molecule has 4 fully saturated rings. The van der Waals surface area contributed by atoms with Crippen molar-refractivity contribution in [1.29, 1.82) is 0 Å². The van der Waals surface area contributed by atoms with E-state index in [0.29, 0.717) is 6.04 Å². The SMILES string of the molecule is O=C(NCCC1CC2CCC1C2)N1CCC(N2CCNC2=O)CC1. The summed E-state index contributed by atoms with van der Waals surface area (Å²) in [5.41, 5.74) is 0. The van der Waals surface area contributed by atoms with Gasteiger partial charge in [0.2, 0.25) is 0 Å². The van der Waals surface area contributed by atoms with Crippen LogP contribution in [0.5, 0.6) is 0 Å². The van der Waals surface area contributed by atoms with E-state index in [9.17, 15) is 9.59 Å². The zero-order valence-corrected chi connectivity index (χ0v) is 14.5. The van der Waals surface area contributed by atoms with Gasteiger partial charge in [-0.15, -0.1) is 0 Å². The number of likely N-dealkylation sites (tertiary alicyclic amines) is 1. The van der Waals surface area contributed by atoms with Crippen LogP contribution in [0, 0.1) is 17.8 Å². The Hall–Kier alpha value is -1.46. The fourth-order valence-corrected chi connectivity index (χ4v) is 5.42. The molecule has 0 radical (unpaired) electrons. The molecule has 4 aliphatic rings. The summed E-state index contributed by atoms with van der Waals surface area (Å²) in [4.78, 5) is 27.9. The first-order chi connectivity index (χ1) is 11.7. The lowest BCUT2D eigenvalue weighted by atomic mass is 9.86. The smallest absolute Gasteiger partial charge is 0.317 e. The highest BCUT2D eigenvalue weighted by Crippen LogP contribution is 2.49. The molecule has 4 amide bonds. The third kappa shape index (κ3) is 3.20. The monoisotopic (exact) mass is 334 g/mol. The van der Waals surface area contributed by atoms with Crippen LogP contribution in [0.2, 0.25) is 0 Å². The minimum absolute atomic E-state index is 0.0590. The molecule has 3 atom stereocenters. The van der Waals surface area contributed by atoms with Gasteiger partial charge in [-0.05, 0) is 56.3 Å². The van der Waals surface area contributed by atoms with Crippen molar-refractivity contribution in [2.24, 2.45) is 17.8 Å². The predicted octanol–water partition coefficient (Wildman–Crippen LogP) is 2.01. The number of amides is 4. The van der Waals surface area contributed by atoms with Gasteiger partial charge in [0.05, 0.1) is 0 Å². The average Bonchev–Trinajstić information content (AvgIpc) is 3.32. The van der Waals surface area contributed by atoms with Crippen molar-refractivity contribution in [3.05, 3.63) is 0 Å². The molecule has 2 aliphatic carbocycles. The van der Waals surface area contributed by atoms with E-state index in [1.54, 1.807) is 0 Å². The summed E-state index contributed by atoms with van der Waals surface area (Å²) in [5, 5.41) is 5.99. The molecule has 2 saturated carbocycles. The van der Waals surface area contributed by atoms with E-state index < -0.39 is 0 Å². The van der Waals surface area contributed by atoms with Gasteiger partial charge in [0.25, 0.3) is 0 Å². The lowest BCUT2D eigenvalue weighted by Crippen LogP contribution is -2.50. The summed E-state index contributed by atoms with van der Waals surface area (Å²) in [5.74, 6) is 2.77. The first kappa shape index (κ1) is 16.0. The summed E-state index contributed by atoms with van der Waals surface area (Å²) < 4.78 is 0. The van der Waals surface area contributed by atoms with E-state index in [2.05, 4.69) is 10.6 Å². The molecule has 2 N–H and O–H groups in total. The van der Waals surface area contributed by atoms with E-state index in [4.69, 9.17) is 0 Å². The van der Waals surface area contributed by atoms with Crippen LogP contribution in [0.25, 0.3) is 0 Å². The molecule has 2 bridgehead atoms. The van der Waals surface area contributed by atoms with Crippen molar-refractivity contribution in [3.63, 3.8) is 0 Å². The van der Waals surface area contributed by atoms with Gasteiger partial charge in [0, 0.05) is 38.8 Å². The summed E-state index contributed by atoms with van der Waals surface area (Å²) >= 11 is 0. The van der Waals surface area contributed by atoms with Crippen LogP contribution in [-0.4, -0.2) is 60.6 Å². The number of fused-ring (bicyclic) bond motifs is 2. The fraction of sp³-hybridized carbons (Fsp3) is 0.889. The molecule has 2 saturated heterocycles. The molecule has 2 heterocycles. The van der Waals surface area contributed by atoms with Crippen LogP contribution >= 0.6 is 0 Å². The second-order valence-corrected chi connectivity index (χ2v) is 8.10. The van der Waals surface area contributed by atoms with E-state index in [0.717, 1.165) is 69.7 Å². The van der Waals surface area contributed by atoms with Crippen molar-refractivity contribution in [1.82, 2.24) is 20.4 Å². The van der Waals surface area contributed by atoms with Gasteiger partial charge < -0.3 is 20.4 Å². The van der Waals surface area contributed by atoms with Crippen LogP contribution in [-0.2, 0) is 0 Å². The molecule has 4 rings (SSSR count). The van der Waals surface area contributed by atoms with Gasteiger partial charge >= 0.3 is 12.1 Å². The standard InChI is InChI=1S/C18H30N4O2/c23-17(19-6-3-15-12-13-1-2-14(15)11-13)21-8-4-16(5-9-21)22-10-7-20-18(22)24/h13-16H,1-12H2,(H,19,23)(H,20,24). The molecule has 6 nitrogen and oxygen atoms in total. The molecule has 0 aromatic carbocycles. The Morgan fingerprint density at radius 3 is 2.58 bits per heavy atom. The second kappa shape index (κ2) is 6.81. The number of nitrogens with one attached hydrogen (secondary N) is 2. The second-order valence-electron chi connectivity index (χ2n) is 8.10. The molecule has 0 aromatic heterocycles. The van der Waals surface area contributed by atoms with Gasteiger partial charge in [-0.25, -0.2) is 9.59 Å². The fourth-order valence-electron chi connectivity index (χ4n) is 5.42. The van der Waals surface area contributed by atoms with Crippen molar-refractivity contribution in [2.75, 3.05) is 32.7 Å². The Morgan fingerprint density at radius 2 is 1.96 bits per heavy atom. The van der Waals surface area contributed by atoms with Gasteiger partial charge in [0.1, 0.15) is 0 Å². The summed E-state index contributed by atoms with van der Waals surface area (Å²) in [6.07, 6.45) is 8.64. The van der Waals surface area contributed by atoms with Crippen LogP contribution in [0.3, 0.4) is 0 Å². The topological polar surface area (TPSA) is 64.7 Å². The highest BCUT2D eigenvalue weighted by atomic mass is 16.2. The van der Waals surface area contributed by atoms with Crippen molar-refractivity contribution < 1.29 is 9.59 Å². The number of carbonyl (C=O) groups excluding carboxylic acids is 2. The first-order valence-corrected chi connectivity index (χ1v) is 9.78. The molecule has 0 aromatic rings. The maximum Gasteiger partial charge on any atom is 0.317 e. The summed E-state index contributed by atoms with van der Waals surface area (Å²) in [6, 6.07) is 0.442. The maximum absolute atomic E-state index is 12.3. The van der Waals surface area contributed by atoms with Crippen molar-refractivity contribution >= 4 is 12.1 Å². The van der Waals surface area contributed by atoms with E-state index >= 15 is 0 Å². The largest absolute Gasteiger partial charge is 0.338 e. The van der Waals surface area contributed by atoms with Gasteiger partial charge in [-0.1, -0.05) is 6.42 Å². The maximum atomic E-state index is 12.3. The lowest BCUT2D eigenvalue weighted by Gasteiger charge is -2.36. The minimum Gasteiger partial charge on any atom is -0.338 e. The summed E-state index contributed by atoms with van der Waals surface area (Å²) in [7, 11) is 0. The Kier molecular flexibility index (Phi) is 4.55. The highest BCUT2D eigenvalue weighted by molar-refractivity contribution is 5.77. The Morgan fingerprint density at radius 1 is 1.12 bits per heavy atom.